The number of benzene rings is 3. The molecule has 3 aromatic rings. The molecule has 3 rings (SSSR count). The van der Waals surface area contributed by atoms with Crippen LogP contribution >= 0.6 is 11.6 Å². The Morgan fingerprint density at radius 3 is 1.62 bits per heavy atom. The third-order valence-corrected chi connectivity index (χ3v) is 16.0. The summed E-state index contributed by atoms with van der Waals surface area (Å²) < 4.78 is 7.07. The maximum Gasteiger partial charge on any atom is 0.261 e. The Labute approximate surface area is 231 Å². The van der Waals surface area contributed by atoms with Crippen molar-refractivity contribution in [3.05, 3.63) is 102 Å². The minimum Gasteiger partial charge on any atom is -0.407 e. The Balaban J connectivity index is 1.86. The number of hydrogen-bond acceptors (Lipinski definition) is 2. The van der Waals surface area contributed by atoms with Crippen LogP contribution in [-0.2, 0) is 4.43 Å². The summed E-state index contributed by atoms with van der Waals surface area (Å²) in [6.45, 7) is 16.0. The van der Waals surface area contributed by atoms with Gasteiger partial charge >= 0.3 is 0 Å². The summed E-state index contributed by atoms with van der Waals surface area (Å²) in [5, 5.41) is 15.9. The maximum atomic E-state index is 11.4. The van der Waals surface area contributed by atoms with Crippen molar-refractivity contribution in [2.75, 3.05) is 6.61 Å². The van der Waals surface area contributed by atoms with Gasteiger partial charge in [0.25, 0.3) is 8.32 Å². The van der Waals surface area contributed by atoms with Crippen LogP contribution in [0.4, 0.5) is 0 Å². The second-order valence-corrected chi connectivity index (χ2v) is 20.9. The van der Waals surface area contributed by atoms with Crippen molar-refractivity contribution in [3.8, 4) is 0 Å². The van der Waals surface area contributed by atoms with Gasteiger partial charge in [0.2, 0.25) is 0 Å². The molecule has 0 aliphatic carbocycles. The molecule has 0 aliphatic heterocycles. The van der Waals surface area contributed by atoms with Gasteiger partial charge in [-0.05, 0) is 15.4 Å². The molecule has 0 bridgehead atoms. The molecule has 0 aromatic heterocycles. The van der Waals surface area contributed by atoms with Gasteiger partial charge < -0.3 is 9.53 Å². The fourth-order valence-electron chi connectivity index (χ4n) is 5.20. The van der Waals surface area contributed by atoms with Crippen LogP contribution in [0.3, 0.4) is 0 Å². The Bertz CT molecular complexity index is 1100. The molecule has 0 aliphatic rings. The first-order valence-electron chi connectivity index (χ1n) is 13.3. The highest BCUT2D eigenvalue weighted by molar-refractivity contribution is 6.99. The molecule has 0 spiro atoms. The van der Waals surface area contributed by atoms with Gasteiger partial charge in [-0.1, -0.05) is 161 Å². The van der Waals surface area contributed by atoms with E-state index in [2.05, 4.69) is 131 Å². The third-order valence-electron chi connectivity index (χ3n) is 7.53. The quantitative estimate of drug-likeness (QED) is 0.293. The van der Waals surface area contributed by atoms with Gasteiger partial charge in [0, 0.05) is 23.5 Å². The molecule has 198 valence electrons. The van der Waals surface area contributed by atoms with E-state index in [1.54, 1.807) is 0 Å². The largest absolute Gasteiger partial charge is 0.407 e. The van der Waals surface area contributed by atoms with Crippen LogP contribution in [0.1, 0.15) is 34.6 Å². The number of aliphatic hydroxyl groups is 1. The lowest BCUT2D eigenvalue weighted by atomic mass is 9.94. The number of halogens is 1. The minimum absolute atomic E-state index is 0.0831. The van der Waals surface area contributed by atoms with E-state index in [1.165, 1.54) is 15.6 Å². The van der Waals surface area contributed by atoms with E-state index < -0.39 is 22.5 Å². The van der Waals surface area contributed by atoms with Crippen molar-refractivity contribution in [1.29, 1.82) is 0 Å². The number of rotatable bonds is 10. The first kappa shape index (κ1) is 29.6. The SMILES string of the molecule is C[C@H](CO[Si](c1ccccc1)(c1ccccc1)C(C)(C)C)[C@H](O)[C@@H](C)/C(Cl)=C\[Si](C)(C)c1ccccc1. The van der Waals surface area contributed by atoms with Gasteiger partial charge in [0.15, 0.2) is 0 Å². The molecule has 0 fully saturated rings. The summed E-state index contributed by atoms with van der Waals surface area (Å²) in [7, 11) is -4.53. The first-order valence-corrected chi connectivity index (χ1v) is 18.6. The second-order valence-electron chi connectivity index (χ2n) is 11.8. The van der Waals surface area contributed by atoms with Crippen molar-refractivity contribution >= 4 is 43.6 Å². The predicted molar refractivity (Wildman–Crippen MR) is 165 cm³/mol. The molecule has 37 heavy (non-hydrogen) atoms. The van der Waals surface area contributed by atoms with Crippen LogP contribution in [0.15, 0.2) is 102 Å². The highest BCUT2D eigenvalue weighted by atomic mass is 35.5. The normalized spacial score (nSPS) is 15.8. The van der Waals surface area contributed by atoms with E-state index in [9.17, 15) is 5.11 Å². The standard InChI is InChI=1S/C32H43ClO2Si2/c1-25(31(34)26(2)30(33)24-36(6,7)27-17-11-8-12-18-27)23-35-37(32(3,4)5,28-19-13-9-14-20-28)29-21-15-10-16-22-29/h8-22,24-26,31,34H,23H2,1-7H3/b30-24+/t25-,26+,31+/m1/s1. The van der Waals surface area contributed by atoms with E-state index in [-0.39, 0.29) is 16.9 Å². The molecular formula is C32H43ClO2Si2. The van der Waals surface area contributed by atoms with Crippen LogP contribution in [0.2, 0.25) is 18.1 Å². The molecule has 3 aromatic carbocycles. The van der Waals surface area contributed by atoms with Crippen LogP contribution in [-0.4, -0.2) is 34.2 Å². The fourth-order valence-corrected chi connectivity index (χ4v) is 13.0. The predicted octanol–water partition coefficient (Wildman–Crippen LogP) is 6.47. The zero-order valence-corrected chi connectivity index (χ0v) is 26.2. The Morgan fingerprint density at radius 2 is 1.22 bits per heavy atom. The van der Waals surface area contributed by atoms with Crippen molar-refractivity contribution in [2.24, 2.45) is 11.8 Å². The van der Waals surface area contributed by atoms with Crippen molar-refractivity contribution in [2.45, 2.75) is 58.9 Å². The molecule has 0 saturated heterocycles. The lowest BCUT2D eigenvalue weighted by Crippen LogP contribution is -2.67. The summed E-state index contributed by atoms with van der Waals surface area (Å²) >= 11 is 6.86. The Kier molecular flexibility index (Phi) is 9.81. The number of aliphatic hydroxyl groups excluding tert-OH is 1. The second kappa shape index (κ2) is 12.3. The Morgan fingerprint density at radius 1 is 0.811 bits per heavy atom. The average molecular weight is 551 g/mol. The van der Waals surface area contributed by atoms with Crippen LogP contribution < -0.4 is 15.6 Å². The summed E-state index contributed by atoms with van der Waals surface area (Å²) in [6.07, 6.45) is -0.609. The summed E-state index contributed by atoms with van der Waals surface area (Å²) in [6, 6.07) is 31.8. The molecule has 0 saturated carbocycles. The molecule has 1 N–H and O–H groups in total. The molecule has 0 amide bonds. The first-order chi connectivity index (χ1) is 17.4. The van der Waals surface area contributed by atoms with E-state index in [0.717, 1.165) is 5.03 Å². The van der Waals surface area contributed by atoms with E-state index in [0.29, 0.717) is 6.61 Å². The molecule has 2 nitrogen and oxygen atoms in total. The van der Waals surface area contributed by atoms with Gasteiger partial charge in [-0.15, -0.1) is 0 Å². The summed E-state index contributed by atoms with van der Waals surface area (Å²) in [5.74, 6) is -0.254. The van der Waals surface area contributed by atoms with Crippen molar-refractivity contribution in [3.63, 3.8) is 0 Å². The molecule has 0 radical (unpaired) electrons. The zero-order valence-electron chi connectivity index (χ0n) is 23.4. The summed E-state index contributed by atoms with van der Waals surface area (Å²) in [4.78, 5) is 0. The minimum atomic E-state index is -2.65. The average Bonchev–Trinajstić information content (AvgIpc) is 2.88. The van der Waals surface area contributed by atoms with Crippen LogP contribution in [0.25, 0.3) is 0 Å². The zero-order chi connectivity index (χ0) is 27.3. The lowest BCUT2D eigenvalue weighted by Gasteiger charge is -2.44. The van der Waals surface area contributed by atoms with Crippen LogP contribution in [0.5, 0.6) is 0 Å². The maximum absolute atomic E-state index is 11.4. The molecule has 5 heteroatoms. The topological polar surface area (TPSA) is 29.5 Å². The smallest absolute Gasteiger partial charge is 0.261 e. The van der Waals surface area contributed by atoms with E-state index >= 15 is 0 Å². The van der Waals surface area contributed by atoms with Gasteiger partial charge in [0.05, 0.1) is 6.10 Å². The highest BCUT2D eigenvalue weighted by Gasteiger charge is 2.50. The van der Waals surface area contributed by atoms with Gasteiger partial charge in [-0.25, -0.2) is 0 Å². The van der Waals surface area contributed by atoms with Gasteiger partial charge in [0.1, 0.15) is 8.07 Å². The van der Waals surface area contributed by atoms with Crippen molar-refractivity contribution < 1.29 is 9.53 Å². The Hall–Kier alpha value is -1.96. The number of hydrogen-bond donors (Lipinski definition) is 1. The monoisotopic (exact) mass is 550 g/mol. The molecule has 0 unspecified atom stereocenters. The molecular weight excluding hydrogens is 508 g/mol. The fraction of sp³-hybridized carbons (Fsp3) is 0.375. The van der Waals surface area contributed by atoms with Gasteiger partial charge in [-0.3, -0.25) is 0 Å². The van der Waals surface area contributed by atoms with E-state index in [4.69, 9.17) is 16.0 Å². The van der Waals surface area contributed by atoms with Gasteiger partial charge in [-0.2, -0.15) is 0 Å². The van der Waals surface area contributed by atoms with Crippen molar-refractivity contribution in [1.82, 2.24) is 0 Å². The highest BCUT2D eigenvalue weighted by Crippen LogP contribution is 2.37. The molecule has 0 heterocycles. The lowest BCUT2D eigenvalue weighted by molar-refractivity contribution is 0.0537. The van der Waals surface area contributed by atoms with Crippen LogP contribution in [0, 0.1) is 11.8 Å². The van der Waals surface area contributed by atoms with E-state index in [1.807, 2.05) is 13.0 Å². The summed E-state index contributed by atoms with van der Waals surface area (Å²) in [5.41, 5.74) is 2.22. The third kappa shape index (κ3) is 6.73. The molecule has 3 atom stereocenters.